The Labute approximate surface area is 99.4 Å². The normalized spacial score (nSPS) is 42.2. The van der Waals surface area contributed by atoms with Gasteiger partial charge in [0.05, 0.1) is 13.2 Å². The highest BCUT2D eigenvalue weighted by Gasteiger charge is 2.62. The molecule has 0 aliphatic carbocycles. The van der Waals surface area contributed by atoms with Gasteiger partial charge in [0.1, 0.15) is 24.4 Å². The van der Waals surface area contributed by atoms with Crippen LogP contribution in [0.15, 0.2) is 30.3 Å². The molecule has 1 aromatic carbocycles. The summed E-state index contributed by atoms with van der Waals surface area (Å²) in [5.74, 6) is 0. The fourth-order valence-electron chi connectivity index (χ4n) is 2.58. The number of rotatable bonds is 3. The third kappa shape index (κ3) is 1.68. The van der Waals surface area contributed by atoms with Crippen LogP contribution in [0.4, 0.5) is 0 Å². The third-order valence-electron chi connectivity index (χ3n) is 3.54. The Morgan fingerprint density at radius 1 is 1.12 bits per heavy atom. The molecule has 2 bridgehead atoms. The molecule has 3 heterocycles. The summed E-state index contributed by atoms with van der Waals surface area (Å²) in [6.45, 7) is 1.23. The number of hydrogen-bond donors (Lipinski definition) is 0. The monoisotopic (exact) mass is 234 g/mol. The summed E-state index contributed by atoms with van der Waals surface area (Å²) < 4.78 is 22.6. The Kier molecular flexibility index (Phi) is 2.23. The topological polar surface area (TPSA) is 40.2 Å². The van der Waals surface area contributed by atoms with Crippen molar-refractivity contribution in [1.82, 2.24) is 0 Å². The van der Waals surface area contributed by atoms with E-state index in [1.807, 2.05) is 18.2 Å². The zero-order valence-corrected chi connectivity index (χ0v) is 9.32. The van der Waals surface area contributed by atoms with E-state index in [1.54, 1.807) is 0 Å². The van der Waals surface area contributed by atoms with Crippen molar-refractivity contribution in [2.45, 2.75) is 37.3 Å². The van der Waals surface area contributed by atoms with E-state index >= 15 is 0 Å². The molecular formula is C13H14O4. The van der Waals surface area contributed by atoms with E-state index < -0.39 is 0 Å². The van der Waals surface area contributed by atoms with Gasteiger partial charge >= 0.3 is 0 Å². The van der Waals surface area contributed by atoms with Crippen LogP contribution < -0.4 is 0 Å². The van der Waals surface area contributed by atoms with Gasteiger partial charge in [-0.2, -0.15) is 0 Å². The highest BCUT2D eigenvalue weighted by atomic mass is 16.8. The maximum absolute atomic E-state index is 5.92. The van der Waals surface area contributed by atoms with E-state index in [1.165, 1.54) is 5.56 Å². The first-order valence-corrected chi connectivity index (χ1v) is 6.00. The molecule has 3 aliphatic rings. The van der Waals surface area contributed by atoms with Gasteiger partial charge < -0.3 is 18.9 Å². The first kappa shape index (κ1) is 10.0. The van der Waals surface area contributed by atoms with Crippen LogP contribution in [0.25, 0.3) is 0 Å². The summed E-state index contributed by atoms with van der Waals surface area (Å²) in [6, 6.07) is 10.1. The van der Waals surface area contributed by atoms with E-state index in [4.69, 9.17) is 18.9 Å². The molecular weight excluding hydrogens is 220 g/mol. The van der Waals surface area contributed by atoms with Gasteiger partial charge in [-0.3, -0.25) is 0 Å². The van der Waals surface area contributed by atoms with Crippen molar-refractivity contribution in [3.63, 3.8) is 0 Å². The molecule has 3 saturated heterocycles. The predicted molar refractivity (Wildman–Crippen MR) is 58.3 cm³/mol. The van der Waals surface area contributed by atoms with Crippen molar-refractivity contribution >= 4 is 0 Å². The maximum Gasteiger partial charge on any atom is 0.187 e. The molecule has 0 amide bonds. The molecule has 0 radical (unpaired) electrons. The number of benzene rings is 1. The van der Waals surface area contributed by atoms with Crippen LogP contribution in [-0.2, 0) is 25.6 Å². The standard InChI is InChI=1S/C13H14O4/c1-2-4-8(5-3-1)6-14-10-9-7-15-13(16-9)12-11(10)17-12/h1-5,9-13H,6-7H2/t9-,10?,11-,12-,13?/m1/s1. The second-order valence-corrected chi connectivity index (χ2v) is 4.70. The SMILES string of the molecule is c1ccc(COC2[C@H]3O[C@H]3C3OC[C@H]2O3)cc1. The third-order valence-corrected chi connectivity index (χ3v) is 3.54. The maximum atomic E-state index is 5.92. The summed E-state index contributed by atoms with van der Waals surface area (Å²) in [5.41, 5.74) is 1.17. The van der Waals surface area contributed by atoms with Crippen molar-refractivity contribution in [3.05, 3.63) is 35.9 Å². The fourth-order valence-corrected chi connectivity index (χ4v) is 2.58. The van der Waals surface area contributed by atoms with E-state index in [0.717, 1.165) is 0 Å². The van der Waals surface area contributed by atoms with Gasteiger partial charge in [0.15, 0.2) is 6.29 Å². The highest BCUT2D eigenvalue weighted by Crippen LogP contribution is 2.43. The molecule has 0 aromatic heterocycles. The molecule has 4 heteroatoms. The Hall–Kier alpha value is -0.940. The Morgan fingerprint density at radius 3 is 2.88 bits per heavy atom. The molecule has 4 nitrogen and oxygen atoms in total. The summed E-state index contributed by atoms with van der Waals surface area (Å²) in [7, 11) is 0. The van der Waals surface area contributed by atoms with Gasteiger partial charge in [-0.05, 0) is 5.56 Å². The average molecular weight is 234 g/mol. The number of ether oxygens (including phenoxy) is 4. The van der Waals surface area contributed by atoms with Gasteiger partial charge in [0.2, 0.25) is 0 Å². The highest BCUT2D eigenvalue weighted by molar-refractivity contribution is 5.14. The van der Waals surface area contributed by atoms with Crippen LogP contribution in [0.3, 0.4) is 0 Å². The van der Waals surface area contributed by atoms with Crippen molar-refractivity contribution in [2.24, 2.45) is 0 Å². The molecule has 2 unspecified atom stereocenters. The second-order valence-electron chi connectivity index (χ2n) is 4.70. The largest absolute Gasteiger partial charge is 0.368 e. The van der Waals surface area contributed by atoms with Gasteiger partial charge in [0.25, 0.3) is 0 Å². The minimum Gasteiger partial charge on any atom is -0.368 e. The van der Waals surface area contributed by atoms with Crippen LogP contribution in [0.2, 0.25) is 0 Å². The van der Waals surface area contributed by atoms with Crippen molar-refractivity contribution in [1.29, 1.82) is 0 Å². The van der Waals surface area contributed by atoms with Gasteiger partial charge in [-0.1, -0.05) is 30.3 Å². The summed E-state index contributed by atoms with van der Waals surface area (Å²) in [5, 5.41) is 0. The van der Waals surface area contributed by atoms with E-state index in [0.29, 0.717) is 13.2 Å². The Bertz CT molecular complexity index is 407. The lowest BCUT2D eigenvalue weighted by atomic mass is 10.1. The zero-order valence-electron chi connectivity index (χ0n) is 9.32. The second kappa shape index (κ2) is 3.78. The van der Waals surface area contributed by atoms with Crippen molar-refractivity contribution in [2.75, 3.05) is 6.61 Å². The lowest BCUT2D eigenvalue weighted by Gasteiger charge is -2.24. The smallest absolute Gasteiger partial charge is 0.187 e. The van der Waals surface area contributed by atoms with Crippen LogP contribution in [-0.4, -0.2) is 37.3 Å². The van der Waals surface area contributed by atoms with Crippen LogP contribution in [0.1, 0.15) is 5.56 Å². The minimum absolute atomic E-state index is 0.0129. The molecule has 4 rings (SSSR count). The first-order chi connectivity index (χ1) is 8.42. The van der Waals surface area contributed by atoms with E-state index in [9.17, 15) is 0 Å². The van der Waals surface area contributed by atoms with Crippen molar-refractivity contribution < 1.29 is 18.9 Å². The summed E-state index contributed by atoms with van der Waals surface area (Å²) >= 11 is 0. The first-order valence-electron chi connectivity index (χ1n) is 6.00. The fraction of sp³-hybridized carbons (Fsp3) is 0.538. The summed E-state index contributed by atoms with van der Waals surface area (Å²) in [4.78, 5) is 0. The molecule has 90 valence electrons. The van der Waals surface area contributed by atoms with Crippen molar-refractivity contribution in [3.8, 4) is 0 Å². The molecule has 1 aromatic rings. The van der Waals surface area contributed by atoms with Gasteiger partial charge in [-0.15, -0.1) is 0 Å². The van der Waals surface area contributed by atoms with E-state index in [2.05, 4.69) is 12.1 Å². The molecule has 17 heavy (non-hydrogen) atoms. The Balaban J connectivity index is 1.43. The van der Waals surface area contributed by atoms with Gasteiger partial charge in [-0.25, -0.2) is 0 Å². The molecule has 3 aliphatic heterocycles. The Morgan fingerprint density at radius 2 is 2.00 bits per heavy atom. The zero-order chi connectivity index (χ0) is 11.2. The van der Waals surface area contributed by atoms with Crippen LogP contribution in [0, 0.1) is 0 Å². The predicted octanol–water partition coefficient (Wildman–Crippen LogP) is 1.09. The molecule has 5 atom stereocenters. The lowest BCUT2D eigenvalue weighted by molar-refractivity contribution is -0.121. The summed E-state index contributed by atoms with van der Waals surface area (Å²) in [6.07, 6.45) is 0.160. The van der Waals surface area contributed by atoms with Crippen LogP contribution in [0.5, 0.6) is 0 Å². The molecule has 0 N–H and O–H groups in total. The number of hydrogen-bond acceptors (Lipinski definition) is 4. The number of fused-ring (bicyclic) bond motifs is 4. The lowest BCUT2D eigenvalue weighted by Crippen LogP contribution is -2.41. The number of epoxide rings is 1. The quantitative estimate of drug-likeness (QED) is 0.734. The average Bonchev–Trinajstić information content (AvgIpc) is 3.05. The molecule has 0 saturated carbocycles. The molecule has 3 fully saturated rings. The minimum atomic E-state index is -0.151. The van der Waals surface area contributed by atoms with E-state index in [-0.39, 0.29) is 30.7 Å². The van der Waals surface area contributed by atoms with Gasteiger partial charge in [0, 0.05) is 0 Å². The molecule has 0 spiro atoms. The van der Waals surface area contributed by atoms with Crippen LogP contribution >= 0.6 is 0 Å².